The van der Waals surface area contributed by atoms with Crippen molar-refractivity contribution >= 4 is 29.1 Å². The van der Waals surface area contributed by atoms with Gasteiger partial charge in [0.05, 0.1) is 24.6 Å². The van der Waals surface area contributed by atoms with E-state index in [0.717, 1.165) is 0 Å². The molecule has 0 aliphatic carbocycles. The largest absolute Gasteiger partial charge is 0.507 e. The van der Waals surface area contributed by atoms with Gasteiger partial charge in [-0.3, -0.25) is 24.3 Å². The van der Waals surface area contributed by atoms with Crippen molar-refractivity contribution in [2.24, 2.45) is 0 Å². The van der Waals surface area contributed by atoms with E-state index in [1.54, 1.807) is 50.2 Å². The summed E-state index contributed by atoms with van der Waals surface area (Å²) >= 11 is 0. The third kappa shape index (κ3) is 4.68. The number of hydrogen-bond donors (Lipinski definition) is 1. The van der Waals surface area contributed by atoms with Gasteiger partial charge >= 0.3 is 5.97 Å². The van der Waals surface area contributed by atoms with E-state index in [-0.39, 0.29) is 30.1 Å². The zero-order chi connectivity index (χ0) is 25.1. The van der Waals surface area contributed by atoms with E-state index in [0.29, 0.717) is 22.4 Å². The number of halogens is 1. The van der Waals surface area contributed by atoms with Crippen LogP contribution in [0, 0.1) is 12.7 Å². The van der Waals surface area contributed by atoms with Crippen LogP contribution in [-0.2, 0) is 25.5 Å². The average Bonchev–Trinajstić information content (AvgIpc) is 3.12. The number of aryl methyl sites for hydroxylation is 1. The summed E-state index contributed by atoms with van der Waals surface area (Å²) in [5, 5.41) is 11.1. The minimum Gasteiger partial charge on any atom is -0.507 e. The lowest BCUT2D eigenvalue weighted by Crippen LogP contribution is -2.29. The van der Waals surface area contributed by atoms with Crippen LogP contribution < -0.4 is 4.90 Å². The van der Waals surface area contributed by atoms with Crippen molar-refractivity contribution in [3.05, 3.63) is 101 Å². The first-order valence-corrected chi connectivity index (χ1v) is 11.0. The highest BCUT2D eigenvalue weighted by Gasteiger charge is 2.47. The van der Waals surface area contributed by atoms with Gasteiger partial charge in [0.15, 0.2) is 0 Å². The average molecular weight is 474 g/mol. The zero-order valence-corrected chi connectivity index (χ0v) is 19.2. The number of carbonyl (C=O) groups is 3. The molecule has 2 aromatic carbocycles. The molecule has 178 valence electrons. The van der Waals surface area contributed by atoms with Gasteiger partial charge in [-0.2, -0.15) is 0 Å². The Labute approximate surface area is 201 Å². The monoisotopic (exact) mass is 474 g/mol. The number of ether oxygens (including phenoxy) is 1. The Balaban J connectivity index is 1.80. The van der Waals surface area contributed by atoms with E-state index in [2.05, 4.69) is 4.98 Å². The molecule has 1 saturated heterocycles. The second-order valence-electron chi connectivity index (χ2n) is 8.06. The molecule has 1 unspecified atom stereocenters. The van der Waals surface area contributed by atoms with Crippen molar-refractivity contribution in [1.29, 1.82) is 0 Å². The Kier molecular flexibility index (Phi) is 6.73. The molecule has 0 saturated carbocycles. The number of anilines is 1. The summed E-state index contributed by atoms with van der Waals surface area (Å²) in [7, 11) is 0. The van der Waals surface area contributed by atoms with Gasteiger partial charge in [0, 0.05) is 23.6 Å². The van der Waals surface area contributed by atoms with Gasteiger partial charge in [-0.1, -0.05) is 12.1 Å². The first kappa shape index (κ1) is 23.8. The molecule has 1 N–H and O–H groups in total. The van der Waals surface area contributed by atoms with Crippen molar-refractivity contribution in [3.63, 3.8) is 0 Å². The molecule has 7 nitrogen and oxygen atoms in total. The Hall–Kier alpha value is -4.33. The minimum atomic E-state index is -0.931. The summed E-state index contributed by atoms with van der Waals surface area (Å²) in [4.78, 5) is 43.4. The molecular weight excluding hydrogens is 451 g/mol. The smallest absolute Gasteiger partial charge is 0.310 e. The Morgan fingerprint density at radius 1 is 1.09 bits per heavy atom. The summed E-state index contributed by atoms with van der Waals surface area (Å²) in [6, 6.07) is 13.0. The van der Waals surface area contributed by atoms with Gasteiger partial charge in [-0.15, -0.1) is 0 Å². The minimum absolute atomic E-state index is 0.0740. The fourth-order valence-electron chi connectivity index (χ4n) is 4.06. The predicted octanol–water partition coefficient (Wildman–Crippen LogP) is 4.26. The summed E-state index contributed by atoms with van der Waals surface area (Å²) < 4.78 is 18.8. The van der Waals surface area contributed by atoms with Crippen LogP contribution in [0.1, 0.15) is 35.2 Å². The molecule has 4 rings (SSSR count). The number of esters is 1. The third-order valence-corrected chi connectivity index (χ3v) is 5.77. The van der Waals surface area contributed by atoms with Gasteiger partial charge in [-0.25, -0.2) is 4.39 Å². The molecule has 0 spiro atoms. The van der Waals surface area contributed by atoms with Gasteiger partial charge in [0.25, 0.3) is 11.7 Å². The molecule has 35 heavy (non-hydrogen) atoms. The normalized spacial score (nSPS) is 17.0. The molecule has 1 amide bonds. The van der Waals surface area contributed by atoms with Gasteiger partial charge < -0.3 is 9.84 Å². The number of aliphatic hydroxyl groups excluding tert-OH is 1. The number of ketones is 1. The molecular formula is C27H23FN2O5. The molecule has 1 aromatic heterocycles. The number of hydrogen-bond acceptors (Lipinski definition) is 6. The number of Topliss-reactive ketones (excluding diaryl/α,β-unsaturated/α-hetero) is 1. The Morgan fingerprint density at radius 2 is 1.77 bits per heavy atom. The molecule has 1 atom stereocenters. The highest BCUT2D eigenvalue weighted by Crippen LogP contribution is 2.42. The topological polar surface area (TPSA) is 96.8 Å². The van der Waals surface area contributed by atoms with Gasteiger partial charge in [-0.05, 0) is 73.0 Å². The quantitative estimate of drug-likeness (QED) is 0.248. The van der Waals surface area contributed by atoms with Crippen LogP contribution in [0.5, 0.6) is 0 Å². The molecule has 3 aromatic rings. The molecule has 2 heterocycles. The number of amides is 1. The molecule has 8 heteroatoms. The summed E-state index contributed by atoms with van der Waals surface area (Å²) in [5.74, 6) is -2.88. The summed E-state index contributed by atoms with van der Waals surface area (Å²) in [6.07, 6.45) is 3.13. The number of carbonyl (C=O) groups excluding carboxylic acids is 3. The number of benzene rings is 2. The maximum absolute atomic E-state index is 13.8. The highest BCUT2D eigenvalue weighted by atomic mass is 19.1. The van der Waals surface area contributed by atoms with E-state index < -0.39 is 29.3 Å². The first-order valence-electron chi connectivity index (χ1n) is 11.0. The van der Waals surface area contributed by atoms with E-state index in [1.165, 1.54) is 35.5 Å². The van der Waals surface area contributed by atoms with E-state index in [4.69, 9.17) is 4.74 Å². The number of pyridine rings is 1. The molecule has 0 radical (unpaired) electrons. The Morgan fingerprint density at radius 3 is 2.40 bits per heavy atom. The fourth-order valence-corrected chi connectivity index (χ4v) is 4.06. The van der Waals surface area contributed by atoms with E-state index in [1.807, 2.05) is 0 Å². The molecule has 0 bridgehead atoms. The lowest BCUT2D eigenvalue weighted by atomic mass is 9.95. The van der Waals surface area contributed by atoms with Crippen LogP contribution in [0.2, 0.25) is 0 Å². The second kappa shape index (κ2) is 9.89. The van der Waals surface area contributed by atoms with Crippen LogP contribution in [0.4, 0.5) is 10.1 Å². The fraction of sp³-hybridized carbons (Fsp3) is 0.185. The molecule has 1 aliphatic rings. The second-order valence-corrected chi connectivity index (χ2v) is 8.06. The molecule has 1 fully saturated rings. The van der Waals surface area contributed by atoms with Crippen LogP contribution >= 0.6 is 0 Å². The maximum Gasteiger partial charge on any atom is 0.310 e. The summed E-state index contributed by atoms with van der Waals surface area (Å²) in [6.45, 7) is 3.55. The summed E-state index contributed by atoms with van der Waals surface area (Å²) in [5.41, 5.74) is 2.08. The lowest BCUT2D eigenvalue weighted by Gasteiger charge is -2.25. The van der Waals surface area contributed by atoms with E-state index >= 15 is 0 Å². The zero-order valence-electron chi connectivity index (χ0n) is 19.2. The highest BCUT2D eigenvalue weighted by molar-refractivity contribution is 6.51. The van der Waals surface area contributed by atoms with E-state index in [9.17, 15) is 23.9 Å². The van der Waals surface area contributed by atoms with Crippen molar-refractivity contribution in [1.82, 2.24) is 4.98 Å². The van der Waals surface area contributed by atoms with Gasteiger partial charge in [0.2, 0.25) is 0 Å². The SMILES string of the molecule is CCOC(=O)Cc1ccc(N2C(=O)C(=O)/C(=C(\O)c3ccc(F)c(C)c3)C2c2ccncc2)cc1. The van der Waals surface area contributed by atoms with Crippen LogP contribution in [0.15, 0.2) is 72.6 Å². The third-order valence-electron chi connectivity index (χ3n) is 5.77. The Bertz CT molecular complexity index is 1320. The first-order chi connectivity index (χ1) is 16.8. The van der Waals surface area contributed by atoms with Crippen LogP contribution in [0.3, 0.4) is 0 Å². The van der Waals surface area contributed by atoms with Crippen molar-refractivity contribution in [3.8, 4) is 0 Å². The molecule has 1 aliphatic heterocycles. The predicted molar refractivity (Wildman–Crippen MR) is 127 cm³/mol. The van der Waals surface area contributed by atoms with Crippen LogP contribution in [-0.4, -0.2) is 34.4 Å². The number of aliphatic hydroxyl groups is 1. The number of nitrogens with zero attached hydrogens (tertiary/aromatic N) is 2. The lowest BCUT2D eigenvalue weighted by molar-refractivity contribution is -0.142. The number of rotatable bonds is 6. The van der Waals surface area contributed by atoms with Crippen molar-refractivity contribution < 1.29 is 28.6 Å². The standard InChI is InChI=1S/C27H23FN2O5/c1-3-35-22(31)15-17-4-7-20(8-5-17)30-24(18-10-12-29-13-11-18)23(26(33)27(30)34)25(32)19-6-9-21(28)16(2)14-19/h4-14,24,32H,3,15H2,1-2H3/b25-23-. The van der Waals surface area contributed by atoms with Crippen LogP contribution in [0.25, 0.3) is 5.76 Å². The van der Waals surface area contributed by atoms with Gasteiger partial charge in [0.1, 0.15) is 11.6 Å². The number of aromatic nitrogens is 1. The maximum atomic E-state index is 13.8. The van der Waals surface area contributed by atoms with Crippen molar-refractivity contribution in [2.45, 2.75) is 26.3 Å². The van der Waals surface area contributed by atoms with Crippen molar-refractivity contribution in [2.75, 3.05) is 11.5 Å².